The van der Waals surface area contributed by atoms with Crippen LogP contribution in [0.15, 0.2) is 24.3 Å². The minimum Gasteiger partial charge on any atom is -0.466 e. The van der Waals surface area contributed by atoms with Gasteiger partial charge in [0.05, 0.1) is 31.8 Å². The monoisotopic (exact) mass is 291 g/mol. The zero-order valence-electron chi connectivity index (χ0n) is 13.2. The van der Waals surface area contributed by atoms with Crippen LogP contribution in [-0.2, 0) is 26.4 Å². The van der Waals surface area contributed by atoms with Crippen molar-refractivity contribution in [1.82, 2.24) is 4.90 Å². The lowest BCUT2D eigenvalue weighted by Gasteiger charge is -2.46. The third-order valence-corrected chi connectivity index (χ3v) is 4.23. The lowest BCUT2D eigenvalue weighted by molar-refractivity contribution is -0.149. The topological polar surface area (TPSA) is 38.8 Å². The molecule has 21 heavy (non-hydrogen) atoms. The number of benzene rings is 1. The first-order valence-corrected chi connectivity index (χ1v) is 7.74. The molecule has 1 aliphatic heterocycles. The van der Waals surface area contributed by atoms with E-state index in [2.05, 4.69) is 30.9 Å². The molecular weight excluding hydrogens is 266 g/mol. The first-order valence-electron chi connectivity index (χ1n) is 7.74. The Kier molecular flexibility index (Phi) is 5.37. The molecule has 0 saturated carbocycles. The predicted molar refractivity (Wildman–Crippen MR) is 81.9 cm³/mol. The van der Waals surface area contributed by atoms with E-state index in [4.69, 9.17) is 9.47 Å². The van der Waals surface area contributed by atoms with Gasteiger partial charge in [-0.2, -0.15) is 0 Å². The number of hydrogen-bond donors (Lipinski definition) is 0. The summed E-state index contributed by atoms with van der Waals surface area (Å²) in [5.41, 5.74) is 1.96. The van der Waals surface area contributed by atoms with Gasteiger partial charge in [0, 0.05) is 0 Å². The minimum absolute atomic E-state index is 0.162. The lowest BCUT2D eigenvalue weighted by atomic mass is 9.81. The summed E-state index contributed by atoms with van der Waals surface area (Å²) in [5, 5.41) is 0. The van der Waals surface area contributed by atoms with Crippen LogP contribution in [0.1, 0.15) is 38.3 Å². The molecule has 2 rings (SSSR count). The van der Waals surface area contributed by atoms with E-state index in [1.54, 1.807) is 0 Å². The zero-order chi connectivity index (χ0) is 15.3. The molecule has 0 N–H and O–H groups in total. The maximum Gasteiger partial charge on any atom is 0.308 e. The summed E-state index contributed by atoms with van der Waals surface area (Å²) in [6.07, 6.45) is 0.333. The third-order valence-electron chi connectivity index (χ3n) is 4.23. The van der Waals surface area contributed by atoms with Crippen LogP contribution in [0.5, 0.6) is 0 Å². The SMILES string of the molecule is CCOC(=O)CC1(N(CC)CC)COCc2ccccc21. The molecular formula is C17H25NO3. The molecule has 0 bridgehead atoms. The van der Waals surface area contributed by atoms with Crippen molar-refractivity contribution in [1.29, 1.82) is 0 Å². The molecule has 0 aromatic heterocycles. The fourth-order valence-corrected chi connectivity index (χ4v) is 3.31. The average Bonchev–Trinajstić information content (AvgIpc) is 2.49. The van der Waals surface area contributed by atoms with Gasteiger partial charge < -0.3 is 9.47 Å². The fourth-order valence-electron chi connectivity index (χ4n) is 3.31. The van der Waals surface area contributed by atoms with Crippen molar-refractivity contribution in [2.75, 3.05) is 26.3 Å². The second-order valence-electron chi connectivity index (χ2n) is 5.34. The number of carbonyl (C=O) groups excluding carboxylic acids is 1. The standard InChI is InChI=1S/C17H25NO3/c1-4-18(5-2)17(11-16(19)21-6-3)13-20-12-14-9-7-8-10-15(14)17/h7-10H,4-6,11-13H2,1-3H3. The maximum atomic E-state index is 12.2. The molecule has 1 aliphatic rings. The van der Waals surface area contributed by atoms with Gasteiger partial charge in [-0.1, -0.05) is 38.1 Å². The van der Waals surface area contributed by atoms with Gasteiger partial charge in [0.25, 0.3) is 0 Å². The second-order valence-corrected chi connectivity index (χ2v) is 5.34. The van der Waals surface area contributed by atoms with Gasteiger partial charge in [-0.3, -0.25) is 9.69 Å². The smallest absolute Gasteiger partial charge is 0.308 e. The predicted octanol–water partition coefficient (Wildman–Crippen LogP) is 2.71. The quantitative estimate of drug-likeness (QED) is 0.755. The lowest BCUT2D eigenvalue weighted by Crippen LogP contribution is -2.53. The number of hydrogen-bond acceptors (Lipinski definition) is 4. The highest BCUT2D eigenvalue weighted by molar-refractivity contribution is 5.71. The van der Waals surface area contributed by atoms with Gasteiger partial charge in [0.15, 0.2) is 0 Å². The Bertz CT molecular complexity index is 485. The summed E-state index contributed by atoms with van der Waals surface area (Å²) in [4.78, 5) is 14.5. The van der Waals surface area contributed by atoms with Crippen LogP contribution < -0.4 is 0 Å². The van der Waals surface area contributed by atoms with E-state index in [-0.39, 0.29) is 5.97 Å². The second kappa shape index (κ2) is 7.05. The third kappa shape index (κ3) is 3.11. The number of carbonyl (C=O) groups is 1. The van der Waals surface area contributed by atoms with Crippen molar-refractivity contribution in [2.45, 2.75) is 39.3 Å². The molecule has 4 nitrogen and oxygen atoms in total. The van der Waals surface area contributed by atoms with Crippen LogP contribution in [0, 0.1) is 0 Å². The van der Waals surface area contributed by atoms with E-state index in [0.717, 1.165) is 13.1 Å². The number of ether oxygens (including phenoxy) is 2. The number of likely N-dealkylation sites (N-methyl/N-ethyl adjacent to an activating group) is 1. The summed E-state index contributed by atoms with van der Waals surface area (Å²) < 4.78 is 11.0. The molecule has 1 heterocycles. The number of nitrogens with zero attached hydrogens (tertiary/aromatic N) is 1. The Morgan fingerprint density at radius 2 is 2.00 bits per heavy atom. The molecule has 0 radical (unpaired) electrons. The molecule has 0 fully saturated rings. The maximum absolute atomic E-state index is 12.2. The van der Waals surface area contributed by atoms with E-state index in [9.17, 15) is 4.79 Å². The molecule has 4 heteroatoms. The van der Waals surface area contributed by atoms with Gasteiger partial charge in [0.2, 0.25) is 0 Å². The molecule has 0 spiro atoms. The van der Waals surface area contributed by atoms with E-state index in [1.807, 2.05) is 19.1 Å². The van der Waals surface area contributed by atoms with Crippen LogP contribution in [-0.4, -0.2) is 37.2 Å². The van der Waals surface area contributed by atoms with Crippen molar-refractivity contribution in [3.8, 4) is 0 Å². The van der Waals surface area contributed by atoms with E-state index >= 15 is 0 Å². The molecule has 0 saturated heterocycles. The van der Waals surface area contributed by atoms with Crippen LogP contribution in [0.25, 0.3) is 0 Å². The van der Waals surface area contributed by atoms with Crippen molar-refractivity contribution in [2.24, 2.45) is 0 Å². The minimum atomic E-state index is -0.412. The molecule has 0 aliphatic carbocycles. The highest BCUT2D eigenvalue weighted by Gasteiger charge is 2.43. The van der Waals surface area contributed by atoms with Crippen LogP contribution in [0.4, 0.5) is 0 Å². The summed E-state index contributed by atoms with van der Waals surface area (Å²) in [6, 6.07) is 8.26. The molecule has 1 aromatic rings. The molecule has 116 valence electrons. The van der Waals surface area contributed by atoms with Crippen molar-refractivity contribution >= 4 is 5.97 Å². The number of rotatable bonds is 6. The highest BCUT2D eigenvalue weighted by Crippen LogP contribution is 2.38. The molecule has 1 aromatic carbocycles. The zero-order valence-corrected chi connectivity index (χ0v) is 13.2. The van der Waals surface area contributed by atoms with E-state index in [1.165, 1.54) is 11.1 Å². The van der Waals surface area contributed by atoms with Gasteiger partial charge >= 0.3 is 5.97 Å². The Balaban J connectivity index is 2.44. The van der Waals surface area contributed by atoms with Crippen LogP contribution >= 0.6 is 0 Å². The van der Waals surface area contributed by atoms with Gasteiger partial charge in [0.1, 0.15) is 0 Å². The van der Waals surface area contributed by atoms with Gasteiger partial charge in [-0.15, -0.1) is 0 Å². The first-order chi connectivity index (χ1) is 10.2. The van der Waals surface area contributed by atoms with Gasteiger partial charge in [-0.05, 0) is 31.1 Å². The van der Waals surface area contributed by atoms with Gasteiger partial charge in [-0.25, -0.2) is 0 Å². The van der Waals surface area contributed by atoms with Crippen molar-refractivity contribution in [3.05, 3.63) is 35.4 Å². The first kappa shape index (κ1) is 16.0. The number of fused-ring (bicyclic) bond motifs is 1. The van der Waals surface area contributed by atoms with E-state index in [0.29, 0.717) is 26.2 Å². The van der Waals surface area contributed by atoms with Crippen LogP contribution in [0.3, 0.4) is 0 Å². The Morgan fingerprint density at radius 1 is 1.29 bits per heavy atom. The summed E-state index contributed by atoms with van der Waals surface area (Å²) in [5.74, 6) is -0.162. The Hall–Kier alpha value is -1.39. The largest absolute Gasteiger partial charge is 0.466 e. The fraction of sp³-hybridized carbons (Fsp3) is 0.588. The highest BCUT2D eigenvalue weighted by atomic mass is 16.5. The Morgan fingerprint density at radius 3 is 2.67 bits per heavy atom. The van der Waals surface area contributed by atoms with Crippen LogP contribution in [0.2, 0.25) is 0 Å². The molecule has 1 unspecified atom stereocenters. The normalized spacial score (nSPS) is 21.1. The molecule has 1 atom stereocenters. The number of esters is 1. The summed E-state index contributed by atoms with van der Waals surface area (Å²) >= 11 is 0. The van der Waals surface area contributed by atoms with E-state index < -0.39 is 5.54 Å². The van der Waals surface area contributed by atoms with Crippen molar-refractivity contribution < 1.29 is 14.3 Å². The summed E-state index contributed by atoms with van der Waals surface area (Å²) in [7, 11) is 0. The Labute approximate surface area is 127 Å². The molecule has 0 amide bonds. The summed E-state index contributed by atoms with van der Waals surface area (Å²) in [6.45, 7) is 9.37. The van der Waals surface area contributed by atoms with Crippen molar-refractivity contribution in [3.63, 3.8) is 0 Å². The average molecular weight is 291 g/mol.